The van der Waals surface area contributed by atoms with E-state index in [9.17, 15) is 4.79 Å². The second kappa shape index (κ2) is 7.93. The quantitative estimate of drug-likeness (QED) is 0.793. The number of aromatic nitrogens is 4. The highest BCUT2D eigenvalue weighted by atomic mass is 32.2. The fourth-order valence-electron chi connectivity index (χ4n) is 2.14. The molecule has 0 saturated heterocycles. The van der Waals surface area contributed by atoms with Crippen molar-refractivity contribution in [2.24, 2.45) is 0 Å². The maximum Gasteiger partial charge on any atom is 0.230 e. The van der Waals surface area contributed by atoms with Crippen molar-refractivity contribution in [3.05, 3.63) is 29.8 Å². The van der Waals surface area contributed by atoms with Crippen molar-refractivity contribution in [3.63, 3.8) is 0 Å². The van der Waals surface area contributed by atoms with Gasteiger partial charge in [-0.2, -0.15) is 4.68 Å². The van der Waals surface area contributed by atoms with Crippen LogP contribution in [0.5, 0.6) is 0 Å². The highest BCUT2D eigenvalue weighted by Crippen LogP contribution is 2.18. The molecule has 1 aromatic heterocycles. The van der Waals surface area contributed by atoms with Gasteiger partial charge in [0.2, 0.25) is 11.1 Å². The maximum absolute atomic E-state index is 11.9. The van der Waals surface area contributed by atoms with Gasteiger partial charge in [0.05, 0.1) is 11.4 Å². The van der Waals surface area contributed by atoms with Crippen LogP contribution < -0.4 is 5.32 Å². The number of rotatable bonds is 7. The van der Waals surface area contributed by atoms with E-state index in [2.05, 4.69) is 27.8 Å². The van der Waals surface area contributed by atoms with Gasteiger partial charge >= 0.3 is 0 Å². The molecule has 0 aliphatic carbocycles. The van der Waals surface area contributed by atoms with Crippen LogP contribution in [0.2, 0.25) is 0 Å². The first kappa shape index (κ1) is 16.5. The largest absolute Gasteiger partial charge is 0.353 e. The van der Waals surface area contributed by atoms with Crippen molar-refractivity contribution in [1.29, 1.82) is 0 Å². The Hall–Kier alpha value is -1.89. The van der Waals surface area contributed by atoms with E-state index in [1.165, 1.54) is 11.8 Å². The summed E-state index contributed by atoms with van der Waals surface area (Å²) >= 11 is 1.34. The molecule has 7 heteroatoms. The third kappa shape index (κ3) is 4.56. The zero-order valence-corrected chi connectivity index (χ0v) is 13.9. The number of nitrogens with zero attached hydrogens (tertiary/aromatic N) is 4. The Bertz CT molecular complexity index is 628. The molecule has 1 aromatic carbocycles. The van der Waals surface area contributed by atoms with E-state index in [1.807, 2.05) is 38.1 Å². The summed E-state index contributed by atoms with van der Waals surface area (Å²) in [6.45, 7) is 6.14. The lowest BCUT2D eigenvalue weighted by Crippen LogP contribution is -2.33. The molecule has 0 aliphatic heterocycles. The topological polar surface area (TPSA) is 72.7 Å². The first-order valence-corrected chi connectivity index (χ1v) is 8.36. The summed E-state index contributed by atoms with van der Waals surface area (Å²) in [6.07, 6.45) is 2.04. The van der Waals surface area contributed by atoms with Crippen LogP contribution in [0.4, 0.5) is 0 Å². The molecule has 2 aromatic rings. The number of tetrazole rings is 1. The van der Waals surface area contributed by atoms with Gasteiger partial charge in [-0.25, -0.2) is 0 Å². The molecule has 1 atom stereocenters. The Balaban J connectivity index is 1.97. The Morgan fingerprint density at radius 3 is 3.00 bits per heavy atom. The van der Waals surface area contributed by atoms with E-state index >= 15 is 0 Å². The Labute approximate surface area is 134 Å². The van der Waals surface area contributed by atoms with Gasteiger partial charge < -0.3 is 5.32 Å². The van der Waals surface area contributed by atoms with Crippen molar-refractivity contribution < 1.29 is 4.79 Å². The molecular formula is C15H21N5OS. The van der Waals surface area contributed by atoms with Crippen LogP contribution >= 0.6 is 11.8 Å². The van der Waals surface area contributed by atoms with E-state index in [0.717, 1.165) is 24.1 Å². The lowest BCUT2D eigenvalue weighted by atomic mass is 10.2. The number of hydrogen-bond acceptors (Lipinski definition) is 5. The second-order valence-corrected chi connectivity index (χ2v) is 6.20. The minimum absolute atomic E-state index is 0.00439. The van der Waals surface area contributed by atoms with Crippen molar-refractivity contribution in [2.45, 2.75) is 44.8 Å². The second-order valence-electron chi connectivity index (χ2n) is 5.26. The molecule has 22 heavy (non-hydrogen) atoms. The molecule has 0 spiro atoms. The lowest BCUT2D eigenvalue weighted by Gasteiger charge is -2.12. The number of benzene rings is 1. The number of amides is 1. The number of carbonyl (C=O) groups excluding carboxylic acids is 1. The van der Waals surface area contributed by atoms with E-state index in [4.69, 9.17) is 0 Å². The van der Waals surface area contributed by atoms with E-state index < -0.39 is 0 Å². The summed E-state index contributed by atoms with van der Waals surface area (Å²) in [5.41, 5.74) is 2.03. The van der Waals surface area contributed by atoms with Crippen molar-refractivity contribution in [1.82, 2.24) is 25.5 Å². The third-order valence-corrected chi connectivity index (χ3v) is 4.07. The van der Waals surface area contributed by atoms with Gasteiger partial charge in [0.15, 0.2) is 0 Å². The van der Waals surface area contributed by atoms with Gasteiger partial charge in [0.25, 0.3) is 0 Å². The number of nitrogens with one attached hydrogen (secondary N) is 1. The van der Waals surface area contributed by atoms with Crippen LogP contribution in [0.25, 0.3) is 5.69 Å². The lowest BCUT2D eigenvalue weighted by molar-refractivity contribution is -0.119. The molecule has 1 amide bonds. The fourth-order valence-corrected chi connectivity index (χ4v) is 2.84. The molecule has 1 unspecified atom stereocenters. The Morgan fingerprint density at radius 2 is 2.27 bits per heavy atom. The predicted molar refractivity (Wildman–Crippen MR) is 87.1 cm³/mol. The smallest absolute Gasteiger partial charge is 0.230 e. The summed E-state index contributed by atoms with van der Waals surface area (Å²) < 4.78 is 1.65. The molecule has 118 valence electrons. The maximum atomic E-state index is 11.9. The van der Waals surface area contributed by atoms with E-state index in [-0.39, 0.29) is 11.9 Å². The third-order valence-electron chi connectivity index (χ3n) is 3.15. The molecule has 0 fully saturated rings. The zero-order valence-electron chi connectivity index (χ0n) is 13.1. The molecule has 0 bridgehead atoms. The van der Waals surface area contributed by atoms with E-state index in [1.54, 1.807) is 4.68 Å². The average Bonchev–Trinajstić information content (AvgIpc) is 2.93. The molecule has 0 aliphatic rings. The van der Waals surface area contributed by atoms with Crippen LogP contribution in [0.15, 0.2) is 29.4 Å². The summed E-state index contributed by atoms with van der Waals surface area (Å²) in [4.78, 5) is 11.9. The molecule has 6 nitrogen and oxygen atoms in total. The van der Waals surface area contributed by atoms with Gasteiger partial charge in [-0.05, 0) is 48.4 Å². The Kier molecular flexibility index (Phi) is 5.94. The van der Waals surface area contributed by atoms with E-state index in [0.29, 0.717) is 10.9 Å². The van der Waals surface area contributed by atoms with Crippen LogP contribution in [-0.4, -0.2) is 37.9 Å². The monoisotopic (exact) mass is 319 g/mol. The van der Waals surface area contributed by atoms with Gasteiger partial charge in [0.1, 0.15) is 0 Å². The highest BCUT2D eigenvalue weighted by molar-refractivity contribution is 7.99. The Morgan fingerprint density at radius 1 is 1.45 bits per heavy atom. The zero-order chi connectivity index (χ0) is 15.9. The first-order valence-electron chi connectivity index (χ1n) is 7.37. The molecule has 2 rings (SSSR count). The standard InChI is InChI=1S/C15H21N5OS/c1-4-6-12(3)16-14(21)10-22-15-17-18-19-20(15)13-8-5-7-11(2)9-13/h5,7-9,12H,4,6,10H2,1-3H3,(H,16,21). The molecule has 1 heterocycles. The number of thioether (sulfide) groups is 1. The molecular weight excluding hydrogens is 298 g/mol. The summed E-state index contributed by atoms with van der Waals surface area (Å²) in [7, 11) is 0. The minimum atomic E-state index is 0.00439. The summed E-state index contributed by atoms with van der Waals surface area (Å²) in [5.74, 6) is 0.310. The van der Waals surface area contributed by atoms with Crippen molar-refractivity contribution in [2.75, 3.05) is 5.75 Å². The SMILES string of the molecule is CCCC(C)NC(=O)CSc1nnnn1-c1cccc(C)c1. The number of hydrogen-bond donors (Lipinski definition) is 1. The molecule has 1 N–H and O–H groups in total. The molecule has 0 radical (unpaired) electrons. The molecule has 0 saturated carbocycles. The van der Waals surface area contributed by atoms with Crippen molar-refractivity contribution >= 4 is 17.7 Å². The predicted octanol–water partition coefficient (Wildman–Crippen LogP) is 2.37. The highest BCUT2D eigenvalue weighted by Gasteiger charge is 2.12. The van der Waals surface area contributed by atoms with Crippen LogP contribution in [-0.2, 0) is 4.79 Å². The van der Waals surface area contributed by atoms with Gasteiger partial charge in [-0.15, -0.1) is 5.10 Å². The van der Waals surface area contributed by atoms with Crippen LogP contribution in [0, 0.1) is 6.92 Å². The van der Waals surface area contributed by atoms with Crippen LogP contribution in [0.1, 0.15) is 32.3 Å². The van der Waals surface area contributed by atoms with Crippen LogP contribution in [0.3, 0.4) is 0 Å². The average molecular weight is 319 g/mol. The van der Waals surface area contributed by atoms with Gasteiger partial charge in [-0.3, -0.25) is 4.79 Å². The fraction of sp³-hybridized carbons (Fsp3) is 0.467. The normalized spacial score (nSPS) is 12.1. The van der Waals surface area contributed by atoms with Gasteiger partial charge in [-0.1, -0.05) is 37.2 Å². The number of aryl methyl sites for hydroxylation is 1. The first-order chi connectivity index (χ1) is 10.6. The summed E-state index contributed by atoms with van der Waals surface area (Å²) in [5, 5.41) is 15.3. The summed E-state index contributed by atoms with van der Waals surface area (Å²) in [6, 6.07) is 8.12. The minimum Gasteiger partial charge on any atom is -0.353 e. The van der Waals surface area contributed by atoms with Crippen molar-refractivity contribution in [3.8, 4) is 5.69 Å². The van der Waals surface area contributed by atoms with Gasteiger partial charge in [0, 0.05) is 6.04 Å². The number of carbonyl (C=O) groups is 1.